The first-order chi connectivity index (χ1) is 9.56. The monoisotopic (exact) mass is 275 g/mol. The first-order valence-corrected chi connectivity index (χ1v) is 5.87. The van der Waals surface area contributed by atoms with Gasteiger partial charge in [0, 0.05) is 30.2 Å². The van der Waals surface area contributed by atoms with Crippen molar-refractivity contribution in [3.63, 3.8) is 0 Å². The number of hydrogen-bond acceptors (Lipinski definition) is 4. The Bertz CT molecular complexity index is 611. The molecule has 0 saturated heterocycles. The number of carbonyl (C=O) groups excluding carboxylic acids is 1. The van der Waals surface area contributed by atoms with Crippen molar-refractivity contribution in [2.24, 2.45) is 0 Å². The minimum atomic E-state index is -0.519. The second-order valence-electron chi connectivity index (χ2n) is 4.10. The highest BCUT2D eigenvalue weighted by Gasteiger charge is 2.12. The van der Waals surface area contributed by atoms with Crippen molar-refractivity contribution in [2.75, 3.05) is 5.32 Å². The largest absolute Gasteiger partial charge is 0.347 e. The number of rotatable bonds is 4. The number of aromatic nitrogens is 2. The van der Waals surface area contributed by atoms with Crippen LogP contribution in [0.15, 0.2) is 36.7 Å². The van der Waals surface area contributed by atoms with E-state index in [1.54, 1.807) is 25.4 Å². The van der Waals surface area contributed by atoms with Gasteiger partial charge in [0.15, 0.2) is 0 Å². The van der Waals surface area contributed by atoms with Crippen LogP contribution in [0, 0.1) is 10.1 Å². The summed E-state index contributed by atoms with van der Waals surface area (Å²) in [7, 11) is 0. The van der Waals surface area contributed by atoms with Crippen LogP contribution in [0.1, 0.15) is 18.8 Å². The van der Waals surface area contributed by atoms with Crippen LogP contribution >= 0.6 is 0 Å². The Labute approximate surface area is 114 Å². The lowest BCUT2D eigenvalue weighted by Gasteiger charge is -2.12. The van der Waals surface area contributed by atoms with E-state index >= 15 is 0 Å². The van der Waals surface area contributed by atoms with E-state index in [2.05, 4.69) is 20.6 Å². The van der Waals surface area contributed by atoms with Gasteiger partial charge in [0.25, 0.3) is 5.69 Å². The average molecular weight is 275 g/mol. The summed E-state index contributed by atoms with van der Waals surface area (Å²) in [5.74, 6) is 0.624. The van der Waals surface area contributed by atoms with Crippen molar-refractivity contribution < 1.29 is 9.72 Å². The van der Waals surface area contributed by atoms with E-state index in [0.29, 0.717) is 11.5 Å². The second-order valence-corrected chi connectivity index (χ2v) is 4.10. The lowest BCUT2D eigenvalue weighted by Crippen LogP contribution is -2.31. The molecule has 2 rings (SSSR count). The van der Waals surface area contributed by atoms with Gasteiger partial charge in [-0.3, -0.25) is 10.1 Å². The van der Waals surface area contributed by atoms with Crippen molar-refractivity contribution in [3.8, 4) is 0 Å². The van der Waals surface area contributed by atoms with E-state index < -0.39 is 11.0 Å². The second kappa shape index (κ2) is 5.83. The molecule has 0 unspecified atom stereocenters. The Morgan fingerprint density at radius 3 is 2.95 bits per heavy atom. The van der Waals surface area contributed by atoms with Crippen LogP contribution in [0.5, 0.6) is 0 Å². The molecule has 20 heavy (non-hydrogen) atoms. The van der Waals surface area contributed by atoms with Gasteiger partial charge in [-0.25, -0.2) is 9.78 Å². The van der Waals surface area contributed by atoms with Crippen LogP contribution in [-0.4, -0.2) is 20.9 Å². The molecule has 0 aliphatic rings. The number of non-ortho nitro benzene ring substituents is 1. The molecule has 2 aromatic rings. The first kappa shape index (κ1) is 13.5. The molecular formula is C12H13N5O3. The van der Waals surface area contributed by atoms with Gasteiger partial charge in [-0.15, -0.1) is 0 Å². The summed E-state index contributed by atoms with van der Waals surface area (Å²) < 4.78 is 0. The van der Waals surface area contributed by atoms with Crippen LogP contribution in [-0.2, 0) is 0 Å². The molecule has 1 atom stereocenters. The number of benzene rings is 1. The molecule has 0 radical (unpaired) electrons. The van der Waals surface area contributed by atoms with E-state index in [1.165, 1.54) is 18.2 Å². The third-order valence-corrected chi connectivity index (χ3v) is 2.59. The maximum absolute atomic E-state index is 11.8. The highest BCUT2D eigenvalue weighted by molar-refractivity contribution is 5.89. The Kier molecular flexibility index (Phi) is 3.94. The highest BCUT2D eigenvalue weighted by atomic mass is 16.6. The number of carbonyl (C=O) groups is 1. The van der Waals surface area contributed by atoms with Gasteiger partial charge in [0.2, 0.25) is 0 Å². The summed E-state index contributed by atoms with van der Waals surface area (Å²) in [6, 6.07) is 4.96. The predicted molar refractivity (Wildman–Crippen MR) is 72.3 cm³/mol. The Balaban J connectivity index is 1.98. The molecule has 1 aromatic heterocycles. The first-order valence-electron chi connectivity index (χ1n) is 5.87. The number of imidazole rings is 1. The Hall–Kier alpha value is -2.90. The van der Waals surface area contributed by atoms with Gasteiger partial charge in [-0.1, -0.05) is 6.07 Å². The molecule has 0 spiro atoms. The van der Waals surface area contributed by atoms with Crippen LogP contribution in [0.25, 0.3) is 0 Å². The van der Waals surface area contributed by atoms with Crippen molar-refractivity contribution in [1.29, 1.82) is 0 Å². The normalized spacial score (nSPS) is 11.7. The SMILES string of the molecule is C[C@H](NC(=O)Nc1cccc([N+](=O)[O-])c1)c1ncc[nH]1. The van der Waals surface area contributed by atoms with Gasteiger partial charge < -0.3 is 15.6 Å². The molecule has 0 fully saturated rings. The number of nitrogens with one attached hydrogen (secondary N) is 3. The smallest absolute Gasteiger partial charge is 0.319 e. The number of H-pyrrole nitrogens is 1. The molecular weight excluding hydrogens is 262 g/mol. The number of aromatic amines is 1. The van der Waals surface area contributed by atoms with Crippen LogP contribution in [0.4, 0.5) is 16.2 Å². The van der Waals surface area contributed by atoms with Gasteiger partial charge in [-0.05, 0) is 13.0 Å². The zero-order chi connectivity index (χ0) is 14.5. The van der Waals surface area contributed by atoms with Crippen LogP contribution in [0.3, 0.4) is 0 Å². The lowest BCUT2D eigenvalue weighted by molar-refractivity contribution is -0.384. The topological polar surface area (TPSA) is 113 Å². The quantitative estimate of drug-likeness (QED) is 0.586. The van der Waals surface area contributed by atoms with Gasteiger partial charge in [0.05, 0.1) is 11.0 Å². The number of nitro groups is 1. The summed E-state index contributed by atoms with van der Waals surface area (Å²) in [4.78, 5) is 28.8. The molecule has 104 valence electrons. The molecule has 3 N–H and O–H groups in total. The molecule has 1 heterocycles. The fourth-order valence-corrected chi connectivity index (χ4v) is 1.64. The number of anilines is 1. The average Bonchev–Trinajstić information content (AvgIpc) is 2.92. The molecule has 2 amide bonds. The number of nitro benzene ring substituents is 1. The minimum Gasteiger partial charge on any atom is -0.347 e. The fraction of sp³-hybridized carbons (Fsp3) is 0.167. The van der Waals surface area contributed by atoms with Gasteiger partial charge in [0.1, 0.15) is 5.82 Å². The van der Waals surface area contributed by atoms with Gasteiger partial charge in [-0.2, -0.15) is 0 Å². The zero-order valence-corrected chi connectivity index (χ0v) is 10.7. The van der Waals surface area contributed by atoms with E-state index in [0.717, 1.165) is 0 Å². The fourth-order valence-electron chi connectivity index (χ4n) is 1.64. The van der Waals surface area contributed by atoms with Gasteiger partial charge >= 0.3 is 6.03 Å². The van der Waals surface area contributed by atoms with E-state index in [-0.39, 0.29) is 11.7 Å². The summed E-state index contributed by atoms with van der Waals surface area (Å²) in [6.07, 6.45) is 3.25. The highest BCUT2D eigenvalue weighted by Crippen LogP contribution is 2.17. The molecule has 0 aliphatic carbocycles. The van der Waals surface area contributed by atoms with Crippen LogP contribution < -0.4 is 10.6 Å². The summed E-state index contributed by atoms with van der Waals surface area (Å²) in [5, 5.41) is 15.8. The van der Waals surface area contributed by atoms with E-state index in [4.69, 9.17) is 0 Å². The molecule has 0 bridgehead atoms. The summed E-state index contributed by atoms with van der Waals surface area (Å²) >= 11 is 0. The predicted octanol–water partition coefficient (Wildman–Crippen LogP) is 2.20. The Morgan fingerprint density at radius 1 is 1.50 bits per heavy atom. The number of urea groups is 1. The van der Waals surface area contributed by atoms with Crippen molar-refractivity contribution in [3.05, 3.63) is 52.6 Å². The molecule has 8 nitrogen and oxygen atoms in total. The third-order valence-electron chi connectivity index (χ3n) is 2.59. The number of nitrogens with zero attached hydrogens (tertiary/aromatic N) is 2. The summed E-state index contributed by atoms with van der Waals surface area (Å²) in [5.41, 5.74) is 0.269. The maximum atomic E-state index is 11.8. The molecule has 8 heteroatoms. The summed E-state index contributed by atoms with van der Waals surface area (Å²) in [6.45, 7) is 1.77. The Morgan fingerprint density at radius 2 is 2.30 bits per heavy atom. The number of amides is 2. The number of hydrogen-bond donors (Lipinski definition) is 3. The molecule has 1 aromatic carbocycles. The van der Waals surface area contributed by atoms with Crippen molar-refractivity contribution in [2.45, 2.75) is 13.0 Å². The molecule has 0 saturated carbocycles. The standard InChI is InChI=1S/C12H13N5O3/c1-8(11-13-5-6-14-11)15-12(18)16-9-3-2-4-10(7-9)17(19)20/h2-8H,1H3,(H,13,14)(H2,15,16,18)/t8-/m0/s1. The van der Waals surface area contributed by atoms with E-state index in [1.807, 2.05) is 0 Å². The lowest BCUT2D eigenvalue weighted by atomic mass is 10.3. The van der Waals surface area contributed by atoms with Crippen molar-refractivity contribution >= 4 is 17.4 Å². The maximum Gasteiger partial charge on any atom is 0.319 e. The zero-order valence-electron chi connectivity index (χ0n) is 10.7. The van der Waals surface area contributed by atoms with Crippen molar-refractivity contribution in [1.82, 2.24) is 15.3 Å². The van der Waals surface area contributed by atoms with Crippen LogP contribution in [0.2, 0.25) is 0 Å². The third kappa shape index (κ3) is 3.31. The molecule has 0 aliphatic heterocycles. The van der Waals surface area contributed by atoms with E-state index in [9.17, 15) is 14.9 Å². The minimum absolute atomic E-state index is 0.0816.